The Balaban J connectivity index is 0.00000306. The summed E-state index contributed by atoms with van der Waals surface area (Å²) < 4.78 is 15.2. The summed E-state index contributed by atoms with van der Waals surface area (Å²) in [5.74, 6) is 0.474. The first kappa shape index (κ1) is 24.5. The number of H-pyrrole nitrogens is 1. The lowest BCUT2D eigenvalue weighted by molar-refractivity contribution is 0.629. The monoisotopic (exact) mass is 559 g/mol. The Labute approximate surface area is 209 Å². The fourth-order valence-corrected chi connectivity index (χ4v) is 3.63. The van der Waals surface area contributed by atoms with Crippen LogP contribution < -0.4 is 16.2 Å². The van der Waals surface area contributed by atoms with E-state index in [0.717, 1.165) is 34.0 Å². The summed E-state index contributed by atoms with van der Waals surface area (Å²) in [5, 5.41) is 7.52. The van der Waals surface area contributed by atoms with Crippen LogP contribution in [0.5, 0.6) is 0 Å². The van der Waals surface area contributed by atoms with Crippen LogP contribution in [0.25, 0.3) is 10.9 Å². The van der Waals surface area contributed by atoms with E-state index in [4.69, 9.17) is 0 Å². The van der Waals surface area contributed by atoms with Crippen LogP contribution in [0, 0.1) is 5.82 Å². The number of hydrogen-bond donors (Lipinski definition) is 3. The van der Waals surface area contributed by atoms with Gasteiger partial charge in [-0.1, -0.05) is 30.3 Å². The van der Waals surface area contributed by atoms with E-state index in [1.807, 2.05) is 36.5 Å². The van der Waals surface area contributed by atoms with Crippen molar-refractivity contribution in [1.82, 2.24) is 20.2 Å². The molecule has 0 aliphatic rings. The van der Waals surface area contributed by atoms with Gasteiger partial charge in [-0.25, -0.2) is 4.39 Å². The van der Waals surface area contributed by atoms with Crippen LogP contribution in [-0.4, -0.2) is 29.1 Å². The highest BCUT2D eigenvalue weighted by atomic mass is 127. The zero-order chi connectivity index (χ0) is 22.3. The molecule has 0 fully saturated rings. The number of aromatic nitrogens is 2. The minimum absolute atomic E-state index is 0. The Morgan fingerprint density at radius 2 is 1.85 bits per heavy atom. The molecule has 0 atom stereocenters. The number of pyridine rings is 1. The summed E-state index contributed by atoms with van der Waals surface area (Å²) in [6, 6.07) is 18.1. The van der Waals surface area contributed by atoms with Gasteiger partial charge in [0.05, 0.1) is 6.54 Å². The quantitative estimate of drug-likeness (QED) is 0.182. The van der Waals surface area contributed by atoms with Crippen LogP contribution in [0.3, 0.4) is 0 Å². The number of benzene rings is 2. The number of aliphatic imine (C=N–C) groups is 1. The summed E-state index contributed by atoms with van der Waals surface area (Å²) in [4.78, 5) is 19.3. The summed E-state index contributed by atoms with van der Waals surface area (Å²) in [6.45, 7) is 1.85. The Kier molecular flexibility index (Phi) is 8.65. The van der Waals surface area contributed by atoms with E-state index in [0.29, 0.717) is 25.6 Å². The maximum Gasteiger partial charge on any atom is 0.250 e. The van der Waals surface area contributed by atoms with E-state index >= 15 is 0 Å². The van der Waals surface area contributed by atoms with E-state index in [-0.39, 0.29) is 35.4 Å². The maximum atomic E-state index is 13.5. The third-order valence-electron chi connectivity index (χ3n) is 5.37. The van der Waals surface area contributed by atoms with Crippen LogP contribution in [0.2, 0.25) is 0 Å². The van der Waals surface area contributed by atoms with Gasteiger partial charge in [-0.05, 0) is 47.4 Å². The molecular weight excluding hydrogens is 532 g/mol. The maximum absolute atomic E-state index is 13.5. The van der Waals surface area contributed by atoms with Crippen molar-refractivity contribution >= 4 is 40.8 Å². The van der Waals surface area contributed by atoms with Gasteiger partial charge in [0.25, 0.3) is 5.56 Å². The van der Waals surface area contributed by atoms with Crippen molar-refractivity contribution in [2.75, 3.05) is 13.6 Å². The SMILES string of the molecule is CN=C(NCCc1c[nH]c2ccc(F)cc12)NCc1ccc(Cn2ccccc2=O)cc1.I. The van der Waals surface area contributed by atoms with Gasteiger partial charge in [-0.15, -0.1) is 24.0 Å². The Bertz CT molecular complexity index is 1280. The van der Waals surface area contributed by atoms with E-state index < -0.39 is 0 Å². The molecule has 6 nitrogen and oxygen atoms in total. The summed E-state index contributed by atoms with van der Waals surface area (Å²) in [6.07, 6.45) is 4.46. The van der Waals surface area contributed by atoms with Gasteiger partial charge in [0.1, 0.15) is 5.82 Å². The molecule has 2 aromatic heterocycles. The van der Waals surface area contributed by atoms with Crippen LogP contribution in [0.15, 0.2) is 82.8 Å². The lowest BCUT2D eigenvalue weighted by atomic mass is 10.1. The molecule has 0 saturated carbocycles. The topological polar surface area (TPSA) is 74.2 Å². The van der Waals surface area contributed by atoms with Crippen molar-refractivity contribution < 1.29 is 4.39 Å². The summed E-state index contributed by atoms with van der Waals surface area (Å²) in [7, 11) is 1.73. The lowest BCUT2D eigenvalue weighted by Gasteiger charge is -2.12. The number of hydrogen-bond acceptors (Lipinski definition) is 2. The molecule has 0 saturated heterocycles. The van der Waals surface area contributed by atoms with Gasteiger partial charge in [0, 0.05) is 49.5 Å². The predicted octanol–water partition coefficient (Wildman–Crippen LogP) is 4.04. The third-order valence-corrected chi connectivity index (χ3v) is 5.37. The van der Waals surface area contributed by atoms with Crippen LogP contribution in [-0.2, 0) is 19.5 Å². The molecule has 2 heterocycles. The number of guanidine groups is 1. The minimum atomic E-state index is -0.231. The first-order chi connectivity index (χ1) is 15.6. The second-order valence-corrected chi connectivity index (χ2v) is 7.59. The van der Waals surface area contributed by atoms with Crippen molar-refractivity contribution in [3.8, 4) is 0 Å². The number of aromatic amines is 1. The highest BCUT2D eigenvalue weighted by Gasteiger charge is 2.06. The first-order valence-corrected chi connectivity index (χ1v) is 10.6. The zero-order valence-corrected chi connectivity index (χ0v) is 20.7. The van der Waals surface area contributed by atoms with Gasteiger partial charge < -0.3 is 20.2 Å². The molecule has 0 amide bonds. The zero-order valence-electron chi connectivity index (χ0n) is 18.3. The average Bonchev–Trinajstić information content (AvgIpc) is 3.20. The largest absolute Gasteiger partial charge is 0.361 e. The number of nitrogens with one attached hydrogen (secondary N) is 3. The molecular formula is C25H27FIN5O. The average molecular weight is 559 g/mol. The molecule has 33 heavy (non-hydrogen) atoms. The van der Waals surface area contributed by atoms with Gasteiger partial charge in [-0.3, -0.25) is 9.79 Å². The molecule has 0 spiro atoms. The molecule has 4 aromatic rings. The molecule has 0 aliphatic heterocycles. The van der Waals surface area contributed by atoms with Gasteiger partial charge >= 0.3 is 0 Å². The summed E-state index contributed by atoms with van der Waals surface area (Å²) in [5.41, 5.74) is 4.18. The van der Waals surface area contributed by atoms with E-state index in [1.165, 1.54) is 6.07 Å². The highest BCUT2D eigenvalue weighted by Crippen LogP contribution is 2.19. The van der Waals surface area contributed by atoms with E-state index in [9.17, 15) is 9.18 Å². The first-order valence-electron chi connectivity index (χ1n) is 10.6. The second kappa shape index (κ2) is 11.6. The van der Waals surface area contributed by atoms with Crippen molar-refractivity contribution in [2.24, 2.45) is 4.99 Å². The van der Waals surface area contributed by atoms with Crippen LogP contribution in [0.4, 0.5) is 4.39 Å². The Morgan fingerprint density at radius 1 is 1.06 bits per heavy atom. The van der Waals surface area contributed by atoms with Crippen molar-refractivity contribution in [2.45, 2.75) is 19.5 Å². The molecule has 2 aromatic carbocycles. The molecule has 3 N–H and O–H groups in total. The van der Waals surface area contributed by atoms with E-state index in [1.54, 1.807) is 42.1 Å². The van der Waals surface area contributed by atoms with Crippen molar-refractivity contribution in [1.29, 1.82) is 0 Å². The second-order valence-electron chi connectivity index (χ2n) is 7.59. The lowest BCUT2D eigenvalue weighted by Crippen LogP contribution is -2.37. The van der Waals surface area contributed by atoms with Crippen LogP contribution in [0.1, 0.15) is 16.7 Å². The molecule has 0 bridgehead atoms. The molecule has 8 heteroatoms. The molecule has 0 unspecified atom stereocenters. The third kappa shape index (κ3) is 6.44. The summed E-state index contributed by atoms with van der Waals surface area (Å²) >= 11 is 0. The minimum Gasteiger partial charge on any atom is -0.361 e. The number of nitrogens with zero attached hydrogens (tertiary/aromatic N) is 2. The molecule has 4 rings (SSSR count). The predicted molar refractivity (Wildman–Crippen MR) is 142 cm³/mol. The number of rotatable bonds is 7. The number of halogens is 2. The fourth-order valence-electron chi connectivity index (χ4n) is 3.63. The van der Waals surface area contributed by atoms with Crippen molar-refractivity contribution in [3.05, 3.63) is 106 Å². The van der Waals surface area contributed by atoms with Gasteiger partial charge in [-0.2, -0.15) is 0 Å². The van der Waals surface area contributed by atoms with Crippen molar-refractivity contribution in [3.63, 3.8) is 0 Å². The van der Waals surface area contributed by atoms with Gasteiger partial charge in [0.2, 0.25) is 0 Å². The Hall–Kier alpha value is -3.14. The standard InChI is InChI=1S/C25H26FN5O.HI/c1-27-25(28-12-11-20-16-29-23-10-9-21(26)14-22(20)23)30-15-18-5-7-19(8-6-18)17-31-13-3-2-4-24(31)32;/h2-10,13-14,16,29H,11-12,15,17H2,1H3,(H2,27,28,30);1H. The highest BCUT2D eigenvalue weighted by molar-refractivity contribution is 14.0. The fraction of sp³-hybridized carbons (Fsp3) is 0.200. The molecule has 0 aliphatic carbocycles. The van der Waals surface area contributed by atoms with E-state index in [2.05, 4.69) is 20.6 Å². The molecule has 0 radical (unpaired) electrons. The Morgan fingerprint density at radius 3 is 2.61 bits per heavy atom. The smallest absolute Gasteiger partial charge is 0.250 e. The molecule has 172 valence electrons. The number of fused-ring (bicyclic) bond motifs is 1. The van der Waals surface area contributed by atoms with Crippen LogP contribution >= 0.6 is 24.0 Å². The van der Waals surface area contributed by atoms with Gasteiger partial charge in [0.15, 0.2) is 5.96 Å². The normalized spacial score (nSPS) is 11.3.